The van der Waals surface area contributed by atoms with Crippen molar-refractivity contribution in [2.75, 3.05) is 18.8 Å². The number of sulfonamides is 1. The monoisotopic (exact) mass is 440 g/mol. The van der Waals surface area contributed by atoms with E-state index in [0.29, 0.717) is 23.9 Å². The van der Waals surface area contributed by atoms with Gasteiger partial charge in [0.25, 0.3) is 0 Å². The van der Waals surface area contributed by atoms with Crippen molar-refractivity contribution in [3.05, 3.63) is 59.1 Å². The van der Waals surface area contributed by atoms with Crippen LogP contribution in [-0.4, -0.2) is 37.5 Å². The second kappa shape index (κ2) is 10.3. The van der Waals surface area contributed by atoms with Crippen LogP contribution in [0.4, 0.5) is 0 Å². The molecule has 0 fully saturated rings. The van der Waals surface area contributed by atoms with Gasteiger partial charge in [-0.1, -0.05) is 37.6 Å². The van der Waals surface area contributed by atoms with Crippen LogP contribution in [0.2, 0.25) is 5.02 Å². The van der Waals surface area contributed by atoms with Crippen molar-refractivity contribution in [1.29, 1.82) is 0 Å². The molecule has 0 aliphatic heterocycles. The molecule has 0 aromatic heterocycles. The molecule has 152 valence electrons. The van der Waals surface area contributed by atoms with Gasteiger partial charge in [-0.05, 0) is 48.9 Å². The largest absolute Gasteiger partial charge is 0.349 e. The Morgan fingerprint density at radius 1 is 1.07 bits per heavy atom. The number of carbonyl (C=O) groups is 1. The molecule has 0 radical (unpaired) electrons. The first-order valence-electron chi connectivity index (χ1n) is 9.05. The lowest BCUT2D eigenvalue weighted by Gasteiger charge is -2.19. The normalized spacial score (nSPS) is 12.8. The maximum absolute atomic E-state index is 12.5. The first kappa shape index (κ1) is 22.7. The molecular weight excluding hydrogens is 416 g/mol. The number of thioether (sulfide) groups is 1. The van der Waals surface area contributed by atoms with Gasteiger partial charge in [0.15, 0.2) is 0 Å². The van der Waals surface area contributed by atoms with Gasteiger partial charge in [0.1, 0.15) is 0 Å². The molecule has 8 heteroatoms. The fourth-order valence-corrected chi connectivity index (χ4v) is 4.98. The van der Waals surface area contributed by atoms with Crippen molar-refractivity contribution in [2.45, 2.75) is 36.6 Å². The first-order valence-corrected chi connectivity index (χ1v) is 11.9. The molecular formula is C20H25ClN2O3S2. The highest BCUT2D eigenvalue weighted by Crippen LogP contribution is 2.22. The van der Waals surface area contributed by atoms with Gasteiger partial charge in [-0.15, -0.1) is 11.8 Å². The summed E-state index contributed by atoms with van der Waals surface area (Å²) in [6, 6.07) is 13.8. The molecule has 2 rings (SSSR count). The Labute approximate surface area is 176 Å². The molecule has 0 saturated heterocycles. The van der Waals surface area contributed by atoms with E-state index in [-0.39, 0.29) is 16.8 Å². The average molecular weight is 441 g/mol. The highest BCUT2D eigenvalue weighted by molar-refractivity contribution is 8.00. The summed E-state index contributed by atoms with van der Waals surface area (Å²) in [5, 5.41) is 3.60. The molecule has 28 heavy (non-hydrogen) atoms. The summed E-state index contributed by atoms with van der Waals surface area (Å²) in [6.07, 6.45) is 0. The van der Waals surface area contributed by atoms with E-state index in [1.165, 1.54) is 16.1 Å². The van der Waals surface area contributed by atoms with Crippen molar-refractivity contribution in [3.8, 4) is 0 Å². The second-order valence-corrected chi connectivity index (χ2v) is 9.61. The van der Waals surface area contributed by atoms with Gasteiger partial charge >= 0.3 is 0 Å². The molecule has 1 atom stereocenters. The van der Waals surface area contributed by atoms with Crippen LogP contribution in [0.25, 0.3) is 0 Å². The van der Waals surface area contributed by atoms with Crippen LogP contribution in [0.3, 0.4) is 0 Å². The van der Waals surface area contributed by atoms with Gasteiger partial charge < -0.3 is 5.32 Å². The Hall–Kier alpha value is -1.54. The molecule has 0 bridgehead atoms. The fourth-order valence-electron chi connectivity index (χ4n) is 2.69. The zero-order valence-corrected chi connectivity index (χ0v) is 18.6. The zero-order chi connectivity index (χ0) is 20.7. The van der Waals surface area contributed by atoms with Crippen LogP contribution in [0.15, 0.2) is 58.3 Å². The van der Waals surface area contributed by atoms with Crippen LogP contribution in [0.5, 0.6) is 0 Å². The summed E-state index contributed by atoms with van der Waals surface area (Å²) in [5.41, 5.74) is 0.850. The zero-order valence-electron chi connectivity index (χ0n) is 16.2. The Bertz CT molecular complexity index is 881. The van der Waals surface area contributed by atoms with Crippen molar-refractivity contribution in [2.24, 2.45) is 0 Å². The van der Waals surface area contributed by atoms with Gasteiger partial charge in [0, 0.05) is 23.0 Å². The number of rotatable bonds is 9. The standard InChI is InChI=1S/C20H25ClN2O3S2/c1-4-23(5-2)28(25,26)19-12-6-16(7-13-19)15(3)22-20(24)14-27-18-10-8-17(21)9-11-18/h6-13,15H,4-5,14H2,1-3H3,(H,22,24). The van der Waals surface area contributed by atoms with Gasteiger partial charge in [0.05, 0.1) is 16.7 Å². The summed E-state index contributed by atoms with van der Waals surface area (Å²) in [7, 11) is -3.48. The summed E-state index contributed by atoms with van der Waals surface area (Å²) in [6.45, 7) is 6.36. The molecule has 0 heterocycles. The van der Waals surface area contributed by atoms with Crippen LogP contribution in [0, 0.1) is 0 Å². The summed E-state index contributed by atoms with van der Waals surface area (Å²) < 4.78 is 26.5. The smallest absolute Gasteiger partial charge is 0.243 e. The molecule has 1 amide bonds. The molecule has 0 aliphatic carbocycles. The van der Waals surface area contributed by atoms with Crippen LogP contribution < -0.4 is 5.32 Å². The summed E-state index contributed by atoms with van der Waals surface area (Å²) in [5.74, 6) is 0.202. The minimum absolute atomic E-state index is 0.0905. The minimum atomic E-state index is -3.48. The average Bonchev–Trinajstić information content (AvgIpc) is 2.68. The molecule has 1 unspecified atom stereocenters. The van der Waals surface area contributed by atoms with Crippen molar-refractivity contribution >= 4 is 39.3 Å². The number of nitrogens with zero attached hydrogens (tertiary/aromatic N) is 1. The SMILES string of the molecule is CCN(CC)S(=O)(=O)c1ccc(C(C)NC(=O)CSc2ccc(Cl)cc2)cc1. The number of hydrogen-bond donors (Lipinski definition) is 1. The lowest BCUT2D eigenvalue weighted by Crippen LogP contribution is -2.30. The van der Waals surface area contributed by atoms with Crippen LogP contribution in [0.1, 0.15) is 32.4 Å². The molecule has 0 spiro atoms. The van der Waals surface area contributed by atoms with E-state index in [1.54, 1.807) is 36.4 Å². The third-order valence-electron chi connectivity index (χ3n) is 4.28. The molecule has 5 nitrogen and oxygen atoms in total. The third-order valence-corrected chi connectivity index (χ3v) is 7.61. The number of halogens is 1. The number of benzene rings is 2. The second-order valence-electron chi connectivity index (χ2n) is 6.19. The van der Waals surface area contributed by atoms with Crippen molar-refractivity contribution < 1.29 is 13.2 Å². The lowest BCUT2D eigenvalue weighted by atomic mass is 10.1. The Morgan fingerprint density at radius 3 is 2.18 bits per heavy atom. The van der Waals surface area contributed by atoms with Crippen LogP contribution >= 0.6 is 23.4 Å². The van der Waals surface area contributed by atoms with Gasteiger partial charge in [-0.3, -0.25) is 4.79 Å². The van der Waals surface area contributed by atoms with Gasteiger partial charge in [-0.25, -0.2) is 8.42 Å². The quantitative estimate of drug-likeness (QED) is 0.589. The topological polar surface area (TPSA) is 66.5 Å². The van der Waals surface area contributed by atoms with E-state index in [1.807, 2.05) is 32.9 Å². The molecule has 2 aromatic carbocycles. The van der Waals surface area contributed by atoms with Gasteiger partial charge in [-0.2, -0.15) is 4.31 Å². The number of nitrogens with one attached hydrogen (secondary N) is 1. The number of carbonyl (C=O) groups excluding carboxylic acids is 1. The predicted molar refractivity (Wildman–Crippen MR) is 115 cm³/mol. The first-order chi connectivity index (χ1) is 13.3. The van der Waals surface area contributed by atoms with Crippen molar-refractivity contribution in [3.63, 3.8) is 0 Å². The Kier molecular flexibility index (Phi) is 8.37. The maximum Gasteiger partial charge on any atom is 0.243 e. The lowest BCUT2D eigenvalue weighted by molar-refractivity contribution is -0.119. The fraction of sp³-hybridized carbons (Fsp3) is 0.350. The highest BCUT2D eigenvalue weighted by Gasteiger charge is 2.21. The predicted octanol–water partition coefficient (Wildman–Crippen LogP) is 4.34. The Morgan fingerprint density at radius 2 is 1.64 bits per heavy atom. The van der Waals surface area contributed by atoms with Gasteiger partial charge in [0.2, 0.25) is 15.9 Å². The van der Waals surface area contributed by atoms with E-state index >= 15 is 0 Å². The number of amides is 1. The minimum Gasteiger partial charge on any atom is -0.349 e. The van der Waals surface area contributed by atoms with Crippen molar-refractivity contribution in [1.82, 2.24) is 9.62 Å². The maximum atomic E-state index is 12.5. The summed E-state index contributed by atoms with van der Waals surface area (Å²) in [4.78, 5) is 13.4. The van der Waals surface area contributed by atoms with E-state index in [2.05, 4.69) is 5.32 Å². The molecule has 0 aliphatic rings. The Balaban J connectivity index is 1.95. The molecule has 2 aromatic rings. The third kappa shape index (κ3) is 5.98. The van der Waals surface area contributed by atoms with E-state index in [4.69, 9.17) is 11.6 Å². The number of hydrogen-bond acceptors (Lipinski definition) is 4. The van der Waals surface area contributed by atoms with E-state index in [0.717, 1.165) is 10.5 Å². The van der Waals surface area contributed by atoms with E-state index < -0.39 is 10.0 Å². The molecule has 1 N–H and O–H groups in total. The highest BCUT2D eigenvalue weighted by atomic mass is 35.5. The van der Waals surface area contributed by atoms with Crippen LogP contribution in [-0.2, 0) is 14.8 Å². The molecule has 0 saturated carbocycles. The van der Waals surface area contributed by atoms with E-state index in [9.17, 15) is 13.2 Å². The summed E-state index contributed by atoms with van der Waals surface area (Å²) >= 11 is 7.29.